The lowest BCUT2D eigenvalue weighted by atomic mass is 10.0. The Balaban J connectivity index is 2.10. The number of pyridine rings is 1. The molecule has 1 heterocycles. The molecule has 0 atom stereocenters. The molecule has 3 rings (SSSR count). The van der Waals surface area contributed by atoms with Crippen LogP contribution in [0.3, 0.4) is 0 Å². The van der Waals surface area contributed by atoms with Crippen molar-refractivity contribution >= 4 is 40.1 Å². The first kappa shape index (κ1) is 18.2. The Hall–Kier alpha value is -3.63. The van der Waals surface area contributed by atoms with Crippen molar-refractivity contribution in [3.8, 4) is 17.2 Å². The first-order valence-corrected chi connectivity index (χ1v) is 8.22. The van der Waals surface area contributed by atoms with Crippen LogP contribution in [0.1, 0.15) is 12.5 Å². The molecule has 0 saturated carbocycles. The minimum absolute atomic E-state index is 0.127. The highest BCUT2D eigenvalue weighted by molar-refractivity contribution is 6.35. The molecule has 0 amide bonds. The van der Waals surface area contributed by atoms with E-state index in [2.05, 4.69) is 26.4 Å². The van der Waals surface area contributed by atoms with Gasteiger partial charge in [-0.3, -0.25) is 4.79 Å². The summed E-state index contributed by atoms with van der Waals surface area (Å²) in [6.45, 7) is 1.23. The van der Waals surface area contributed by atoms with Crippen molar-refractivity contribution < 1.29 is 9.63 Å². The van der Waals surface area contributed by atoms with Gasteiger partial charge >= 0.3 is 5.97 Å². The number of aromatic nitrogens is 1. The fourth-order valence-electron chi connectivity index (χ4n) is 2.49. The molecule has 0 unspecified atom stereocenters. The molecule has 0 bridgehead atoms. The van der Waals surface area contributed by atoms with Gasteiger partial charge in [0.25, 0.3) is 0 Å². The van der Waals surface area contributed by atoms with Crippen LogP contribution in [0.2, 0.25) is 5.02 Å². The molecular formula is C19H14ClN5O2. The largest absolute Gasteiger partial charge is 0.367 e. The molecule has 0 aliphatic carbocycles. The van der Waals surface area contributed by atoms with Gasteiger partial charge in [0.15, 0.2) is 5.82 Å². The number of aliphatic imine (C=N–C) groups is 1. The smallest absolute Gasteiger partial charge is 0.329 e. The summed E-state index contributed by atoms with van der Waals surface area (Å²) >= 11 is 6.24. The number of nitrogens with two attached hydrogens (primary N) is 1. The Morgan fingerprint density at radius 1 is 1.26 bits per heavy atom. The maximum atomic E-state index is 10.9. The number of nitriles is 1. The number of halogens is 1. The fraction of sp³-hybridized carbons (Fsp3) is 0.0526. The van der Waals surface area contributed by atoms with E-state index in [9.17, 15) is 4.79 Å². The minimum atomic E-state index is -0.554. The van der Waals surface area contributed by atoms with Crippen LogP contribution in [0, 0.1) is 11.3 Å². The van der Waals surface area contributed by atoms with Crippen LogP contribution in [0.5, 0.6) is 0 Å². The summed E-state index contributed by atoms with van der Waals surface area (Å²) in [7, 11) is 0. The molecule has 0 aliphatic rings. The number of hydrogen-bond donors (Lipinski definition) is 2. The van der Waals surface area contributed by atoms with Gasteiger partial charge < -0.3 is 10.6 Å². The molecule has 27 heavy (non-hydrogen) atoms. The summed E-state index contributed by atoms with van der Waals surface area (Å²) in [6.07, 6.45) is 1.47. The summed E-state index contributed by atoms with van der Waals surface area (Å²) in [5, 5.41) is 11.0. The molecule has 0 radical (unpaired) electrons. The first-order chi connectivity index (χ1) is 13.0. The van der Waals surface area contributed by atoms with Gasteiger partial charge in [-0.1, -0.05) is 35.9 Å². The lowest BCUT2D eigenvalue weighted by molar-refractivity contribution is -0.145. The zero-order valence-electron chi connectivity index (χ0n) is 14.2. The second-order valence-electron chi connectivity index (χ2n) is 5.58. The van der Waals surface area contributed by atoms with E-state index >= 15 is 0 Å². The molecule has 7 nitrogen and oxygen atoms in total. The van der Waals surface area contributed by atoms with E-state index in [1.807, 2.05) is 30.3 Å². The number of rotatable bonds is 2. The van der Waals surface area contributed by atoms with Gasteiger partial charge in [0, 0.05) is 23.9 Å². The summed E-state index contributed by atoms with van der Waals surface area (Å²) in [5.41, 5.74) is 10.3. The summed E-state index contributed by atoms with van der Waals surface area (Å²) in [5.74, 6) is -0.371. The third-order valence-corrected chi connectivity index (χ3v) is 3.97. The number of carbonyl (C=O) groups excluding carboxylic acids is 1. The van der Waals surface area contributed by atoms with Gasteiger partial charge in [-0.25, -0.2) is 4.98 Å². The maximum Gasteiger partial charge on any atom is 0.329 e. The van der Waals surface area contributed by atoms with Crippen LogP contribution in [-0.4, -0.2) is 16.9 Å². The van der Waals surface area contributed by atoms with Crippen LogP contribution in [0.15, 0.2) is 53.7 Å². The molecular weight excluding hydrogens is 366 g/mol. The molecule has 1 aromatic heterocycles. The van der Waals surface area contributed by atoms with E-state index < -0.39 is 5.97 Å². The molecule has 0 spiro atoms. The predicted octanol–water partition coefficient (Wildman–Crippen LogP) is 3.44. The zero-order valence-corrected chi connectivity index (χ0v) is 15.0. The predicted molar refractivity (Wildman–Crippen MR) is 103 cm³/mol. The highest BCUT2D eigenvalue weighted by atomic mass is 35.5. The van der Waals surface area contributed by atoms with E-state index in [4.69, 9.17) is 22.6 Å². The highest BCUT2D eigenvalue weighted by Gasteiger charge is 2.09. The summed E-state index contributed by atoms with van der Waals surface area (Å²) < 4.78 is 0. The second-order valence-corrected chi connectivity index (χ2v) is 5.98. The van der Waals surface area contributed by atoms with Crippen LogP contribution in [-0.2, 0) is 9.63 Å². The second kappa shape index (κ2) is 7.72. The third-order valence-electron chi connectivity index (χ3n) is 3.67. The molecule has 8 heteroatoms. The monoisotopic (exact) mass is 379 g/mol. The molecule has 3 aromatic rings. The molecule has 2 aromatic carbocycles. The van der Waals surface area contributed by atoms with Crippen molar-refractivity contribution in [3.05, 3.63) is 59.2 Å². The van der Waals surface area contributed by atoms with Crippen LogP contribution < -0.4 is 11.2 Å². The minimum Gasteiger partial charge on any atom is -0.367 e. The first-order valence-electron chi connectivity index (χ1n) is 7.84. The van der Waals surface area contributed by atoms with Gasteiger partial charge in [-0.15, -0.1) is 0 Å². The van der Waals surface area contributed by atoms with Crippen molar-refractivity contribution in [2.45, 2.75) is 6.92 Å². The summed E-state index contributed by atoms with van der Waals surface area (Å²) in [4.78, 5) is 23.8. The third kappa shape index (κ3) is 4.14. The van der Waals surface area contributed by atoms with Crippen molar-refractivity contribution in [1.29, 1.82) is 5.26 Å². The number of hydrogen-bond acceptors (Lipinski definition) is 5. The average molecular weight is 380 g/mol. The Kier molecular flexibility index (Phi) is 5.20. The van der Waals surface area contributed by atoms with Gasteiger partial charge in [-0.2, -0.15) is 15.7 Å². The Bertz CT molecular complexity index is 1100. The Labute approximate surface area is 160 Å². The molecule has 0 aliphatic heterocycles. The van der Waals surface area contributed by atoms with Crippen molar-refractivity contribution in [1.82, 2.24) is 10.5 Å². The zero-order chi connectivity index (χ0) is 19.4. The normalized spacial score (nSPS) is 11.1. The number of guanidine groups is 1. The molecule has 3 N–H and O–H groups in total. The van der Waals surface area contributed by atoms with Crippen LogP contribution in [0.4, 0.5) is 5.82 Å². The number of hydroxylamine groups is 1. The lowest BCUT2D eigenvalue weighted by Crippen LogP contribution is -2.32. The van der Waals surface area contributed by atoms with Gasteiger partial charge in [-0.05, 0) is 29.3 Å². The quantitative estimate of drug-likeness (QED) is 0.400. The number of nitrogens with one attached hydrogen (secondary N) is 1. The standard InChI is InChI=1S/C19H14ClN5O2/c1-11(26)27-25-19(22)24-18-16-8-14(5-6-15(16)17(20)10-23-18)13-4-2-3-12(7-13)9-21/h2-8,10H,1H3,(H3,22,23,24,25). The van der Waals surface area contributed by atoms with Crippen molar-refractivity contribution in [3.63, 3.8) is 0 Å². The van der Waals surface area contributed by atoms with Crippen molar-refractivity contribution in [2.75, 3.05) is 0 Å². The Morgan fingerprint density at radius 3 is 2.78 bits per heavy atom. The maximum absolute atomic E-state index is 10.9. The SMILES string of the molecule is CC(=O)ONC(N)=Nc1ncc(Cl)c2ccc(-c3cccc(C#N)c3)cc12. The molecule has 134 valence electrons. The van der Waals surface area contributed by atoms with Crippen molar-refractivity contribution in [2.24, 2.45) is 10.7 Å². The Morgan fingerprint density at radius 2 is 2.04 bits per heavy atom. The summed E-state index contributed by atoms with van der Waals surface area (Å²) in [6, 6.07) is 15.0. The lowest BCUT2D eigenvalue weighted by Gasteiger charge is -2.09. The van der Waals surface area contributed by atoms with Crippen LogP contribution >= 0.6 is 11.6 Å². The number of benzene rings is 2. The molecule has 0 fully saturated rings. The molecule has 0 saturated heterocycles. The van der Waals surface area contributed by atoms with E-state index in [0.29, 0.717) is 21.8 Å². The van der Waals surface area contributed by atoms with E-state index in [-0.39, 0.29) is 5.96 Å². The van der Waals surface area contributed by atoms with Gasteiger partial charge in [0.2, 0.25) is 5.96 Å². The average Bonchev–Trinajstić information content (AvgIpc) is 2.68. The van der Waals surface area contributed by atoms with E-state index in [1.54, 1.807) is 12.1 Å². The fourth-order valence-corrected chi connectivity index (χ4v) is 2.71. The topological polar surface area (TPSA) is 113 Å². The van der Waals surface area contributed by atoms with E-state index in [0.717, 1.165) is 16.5 Å². The van der Waals surface area contributed by atoms with Gasteiger partial charge in [0.05, 0.1) is 16.7 Å². The number of fused-ring (bicyclic) bond motifs is 1. The van der Waals surface area contributed by atoms with Crippen LogP contribution in [0.25, 0.3) is 21.9 Å². The van der Waals surface area contributed by atoms with Gasteiger partial charge in [0.1, 0.15) is 0 Å². The number of nitrogens with zero attached hydrogens (tertiary/aromatic N) is 3. The van der Waals surface area contributed by atoms with E-state index in [1.165, 1.54) is 13.1 Å². The highest BCUT2D eigenvalue weighted by Crippen LogP contribution is 2.33. The number of carbonyl (C=O) groups is 1.